The van der Waals surface area contributed by atoms with Crippen LogP contribution in [0.25, 0.3) is 0 Å². The van der Waals surface area contributed by atoms with E-state index in [1.54, 1.807) is 0 Å². The van der Waals surface area contributed by atoms with E-state index in [4.69, 9.17) is 0 Å². The van der Waals surface area contributed by atoms with Crippen LogP contribution in [0.1, 0.15) is 26.7 Å². The molecule has 19 heavy (non-hydrogen) atoms. The van der Waals surface area contributed by atoms with Crippen LogP contribution in [-0.4, -0.2) is 38.3 Å². The highest BCUT2D eigenvalue weighted by Crippen LogP contribution is 2.24. The minimum atomic E-state index is 0.571. The predicted octanol–water partition coefficient (Wildman–Crippen LogP) is 2.47. The van der Waals surface area contributed by atoms with Gasteiger partial charge in [0.2, 0.25) is 0 Å². The number of hydrogen-bond donors (Lipinski definition) is 1. The molecule has 104 valence electrons. The molecule has 0 spiro atoms. The molecule has 2 fully saturated rings. The Balaban J connectivity index is 1.71. The number of hydrogen-bond acceptors (Lipinski definition) is 3. The first-order valence-corrected chi connectivity index (χ1v) is 7.58. The van der Waals surface area contributed by atoms with Crippen molar-refractivity contribution in [2.75, 3.05) is 36.0 Å². The van der Waals surface area contributed by atoms with Crippen LogP contribution in [0, 0.1) is 0 Å². The molecule has 0 aromatic heterocycles. The van der Waals surface area contributed by atoms with Crippen LogP contribution in [-0.2, 0) is 0 Å². The molecule has 0 saturated carbocycles. The molecular weight excluding hydrogens is 234 g/mol. The number of nitrogens with one attached hydrogen (secondary N) is 1. The number of nitrogens with zero attached hydrogens (tertiary/aromatic N) is 2. The van der Waals surface area contributed by atoms with Crippen LogP contribution >= 0.6 is 0 Å². The van der Waals surface area contributed by atoms with Crippen molar-refractivity contribution in [3.63, 3.8) is 0 Å². The summed E-state index contributed by atoms with van der Waals surface area (Å²) in [6.45, 7) is 9.19. The summed E-state index contributed by atoms with van der Waals surface area (Å²) in [5, 5.41) is 3.59. The van der Waals surface area contributed by atoms with Crippen molar-refractivity contribution in [1.82, 2.24) is 5.32 Å². The number of piperazine rings is 1. The normalized spacial score (nSPS) is 27.9. The highest BCUT2D eigenvalue weighted by molar-refractivity contribution is 5.57. The topological polar surface area (TPSA) is 18.5 Å². The molecule has 0 radical (unpaired) electrons. The molecule has 3 heteroatoms. The number of anilines is 2. The molecule has 0 amide bonds. The van der Waals surface area contributed by atoms with E-state index in [2.05, 4.69) is 53.2 Å². The highest BCUT2D eigenvalue weighted by atomic mass is 15.2. The van der Waals surface area contributed by atoms with E-state index >= 15 is 0 Å². The Kier molecular flexibility index (Phi) is 3.65. The van der Waals surface area contributed by atoms with Crippen molar-refractivity contribution in [1.29, 1.82) is 0 Å². The van der Waals surface area contributed by atoms with E-state index in [1.807, 2.05) is 0 Å². The van der Waals surface area contributed by atoms with Gasteiger partial charge in [-0.15, -0.1) is 0 Å². The maximum Gasteiger partial charge on any atom is 0.0368 e. The summed E-state index contributed by atoms with van der Waals surface area (Å²) in [6, 6.07) is 10.3. The molecule has 2 saturated heterocycles. The van der Waals surface area contributed by atoms with Crippen LogP contribution < -0.4 is 15.1 Å². The quantitative estimate of drug-likeness (QED) is 0.880. The summed E-state index contributed by atoms with van der Waals surface area (Å²) >= 11 is 0. The van der Waals surface area contributed by atoms with E-state index in [0.717, 1.165) is 13.1 Å². The van der Waals surface area contributed by atoms with Gasteiger partial charge in [0.25, 0.3) is 0 Å². The van der Waals surface area contributed by atoms with Gasteiger partial charge in [0.05, 0.1) is 0 Å². The lowest BCUT2D eigenvalue weighted by molar-refractivity contribution is 0.407. The largest absolute Gasteiger partial charge is 0.372 e. The van der Waals surface area contributed by atoms with E-state index in [0.29, 0.717) is 12.1 Å². The zero-order valence-corrected chi connectivity index (χ0v) is 12.1. The van der Waals surface area contributed by atoms with Gasteiger partial charge in [0.15, 0.2) is 0 Å². The molecular formula is C16H25N3. The van der Waals surface area contributed by atoms with Crippen molar-refractivity contribution in [2.45, 2.75) is 38.8 Å². The van der Waals surface area contributed by atoms with Gasteiger partial charge in [-0.25, -0.2) is 0 Å². The Labute approximate surface area is 116 Å². The van der Waals surface area contributed by atoms with Gasteiger partial charge in [0.1, 0.15) is 0 Å². The molecule has 3 nitrogen and oxygen atoms in total. The Morgan fingerprint density at radius 1 is 0.842 bits per heavy atom. The Morgan fingerprint density at radius 3 is 1.84 bits per heavy atom. The Morgan fingerprint density at radius 2 is 1.32 bits per heavy atom. The van der Waals surface area contributed by atoms with Gasteiger partial charge < -0.3 is 15.1 Å². The lowest BCUT2D eigenvalue weighted by Crippen LogP contribution is -2.54. The molecule has 1 N–H and O–H groups in total. The zero-order valence-electron chi connectivity index (χ0n) is 12.1. The van der Waals surface area contributed by atoms with Crippen LogP contribution in [0.2, 0.25) is 0 Å². The summed E-state index contributed by atoms with van der Waals surface area (Å²) < 4.78 is 0. The first-order valence-electron chi connectivity index (χ1n) is 7.58. The van der Waals surface area contributed by atoms with Crippen molar-refractivity contribution in [2.24, 2.45) is 0 Å². The maximum absolute atomic E-state index is 3.59. The Bertz CT molecular complexity index is 399. The third kappa shape index (κ3) is 2.86. The second kappa shape index (κ2) is 5.41. The van der Waals surface area contributed by atoms with Crippen LogP contribution in [0.4, 0.5) is 11.4 Å². The fourth-order valence-corrected chi connectivity index (χ4v) is 3.39. The predicted molar refractivity (Wildman–Crippen MR) is 82.2 cm³/mol. The van der Waals surface area contributed by atoms with Crippen molar-refractivity contribution >= 4 is 11.4 Å². The molecule has 2 heterocycles. The zero-order chi connectivity index (χ0) is 13.2. The van der Waals surface area contributed by atoms with Gasteiger partial charge in [-0.05, 0) is 51.0 Å². The summed E-state index contributed by atoms with van der Waals surface area (Å²) in [5.41, 5.74) is 2.75. The monoisotopic (exact) mass is 259 g/mol. The fraction of sp³-hybridized carbons (Fsp3) is 0.625. The first-order chi connectivity index (χ1) is 9.22. The molecule has 2 aliphatic rings. The van der Waals surface area contributed by atoms with Gasteiger partial charge in [-0.3, -0.25) is 0 Å². The van der Waals surface area contributed by atoms with Gasteiger partial charge in [-0.2, -0.15) is 0 Å². The van der Waals surface area contributed by atoms with Crippen molar-refractivity contribution in [3.8, 4) is 0 Å². The Hall–Kier alpha value is -1.22. The van der Waals surface area contributed by atoms with Gasteiger partial charge in [-0.1, -0.05) is 0 Å². The maximum atomic E-state index is 3.59. The SMILES string of the molecule is CC1CN(c2ccc(N3CCCC3)cc2)CC(C)N1. The highest BCUT2D eigenvalue weighted by Gasteiger charge is 2.21. The standard InChI is InChI=1S/C16H25N3/c1-13-11-19(12-14(2)17-13)16-7-5-15(6-8-16)18-9-3-4-10-18/h5-8,13-14,17H,3-4,9-12H2,1-2H3. The molecule has 0 aliphatic carbocycles. The molecule has 2 aliphatic heterocycles. The van der Waals surface area contributed by atoms with Crippen LogP contribution in [0.15, 0.2) is 24.3 Å². The third-order valence-electron chi connectivity index (χ3n) is 4.24. The molecule has 0 bridgehead atoms. The van der Waals surface area contributed by atoms with Gasteiger partial charge >= 0.3 is 0 Å². The fourth-order valence-electron chi connectivity index (χ4n) is 3.39. The third-order valence-corrected chi connectivity index (χ3v) is 4.24. The summed E-state index contributed by atoms with van der Waals surface area (Å²) in [7, 11) is 0. The molecule has 1 aromatic rings. The average Bonchev–Trinajstić information content (AvgIpc) is 2.91. The summed E-state index contributed by atoms with van der Waals surface area (Å²) in [5.74, 6) is 0. The second-order valence-corrected chi connectivity index (χ2v) is 6.08. The van der Waals surface area contributed by atoms with Crippen LogP contribution in [0.5, 0.6) is 0 Å². The number of rotatable bonds is 2. The van der Waals surface area contributed by atoms with E-state index in [9.17, 15) is 0 Å². The van der Waals surface area contributed by atoms with E-state index in [-0.39, 0.29) is 0 Å². The van der Waals surface area contributed by atoms with Gasteiger partial charge in [0, 0.05) is 49.6 Å². The van der Waals surface area contributed by atoms with E-state index in [1.165, 1.54) is 37.3 Å². The lowest BCUT2D eigenvalue weighted by atomic mass is 10.1. The minimum absolute atomic E-state index is 0.571. The minimum Gasteiger partial charge on any atom is -0.372 e. The van der Waals surface area contributed by atoms with Crippen molar-refractivity contribution < 1.29 is 0 Å². The van der Waals surface area contributed by atoms with Crippen molar-refractivity contribution in [3.05, 3.63) is 24.3 Å². The first kappa shape index (κ1) is 12.8. The van der Waals surface area contributed by atoms with E-state index < -0.39 is 0 Å². The lowest BCUT2D eigenvalue weighted by Gasteiger charge is -2.37. The smallest absolute Gasteiger partial charge is 0.0368 e. The molecule has 1 aromatic carbocycles. The molecule has 3 rings (SSSR count). The average molecular weight is 259 g/mol. The molecule has 2 atom stereocenters. The molecule has 2 unspecified atom stereocenters. The number of benzene rings is 1. The summed E-state index contributed by atoms with van der Waals surface area (Å²) in [6.07, 6.45) is 2.68. The summed E-state index contributed by atoms with van der Waals surface area (Å²) in [4.78, 5) is 4.99. The second-order valence-electron chi connectivity index (χ2n) is 6.08. The van der Waals surface area contributed by atoms with Crippen LogP contribution in [0.3, 0.4) is 0 Å².